The summed E-state index contributed by atoms with van der Waals surface area (Å²) >= 11 is 1.17. The Hall–Kier alpha value is -1.78. The lowest BCUT2D eigenvalue weighted by Crippen LogP contribution is -2.50. The van der Waals surface area contributed by atoms with E-state index < -0.39 is 22.0 Å². The maximum absolute atomic E-state index is 12.9. The Balaban J connectivity index is 2.04. The van der Waals surface area contributed by atoms with Gasteiger partial charge in [-0.1, -0.05) is 6.92 Å². The molecule has 1 atom stereocenters. The number of nitrogens with zero attached hydrogens (tertiary/aromatic N) is 4. The van der Waals surface area contributed by atoms with Gasteiger partial charge in [0.15, 0.2) is 0 Å². The van der Waals surface area contributed by atoms with Crippen molar-refractivity contribution in [1.82, 2.24) is 19.1 Å². The molecule has 3 rings (SSSR count). The van der Waals surface area contributed by atoms with Crippen molar-refractivity contribution in [2.75, 3.05) is 0 Å². The topological polar surface area (TPSA) is 105 Å². The van der Waals surface area contributed by atoms with Gasteiger partial charge in [0, 0.05) is 4.88 Å². The van der Waals surface area contributed by atoms with Gasteiger partial charge in [0.25, 0.3) is 10.0 Å². The molecule has 0 spiro atoms. The molecule has 0 saturated heterocycles. The van der Waals surface area contributed by atoms with E-state index in [9.17, 15) is 18.3 Å². The zero-order valence-corrected chi connectivity index (χ0v) is 14.3. The van der Waals surface area contributed by atoms with Crippen LogP contribution in [0.25, 0.3) is 0 Å². The summed E-state index contributed by atoms with van der Waals surface area (Å²) in [6, 6.07) is 2.11. The van der Waals surface area contributed by atoms with Crippen LogP contribution in [-0.4, -0.2) is 44.6 Å². The standard InChI is InChI=1S/C13H16N4O4S2/c1-3-9-4-5-12(22-9)23(20,21)17-7-11-15-14-8(2)16(11)6-10(17)13(18)19/h4-5,10H,3,6-7H2,1-2H3,(H,18,19). The van der Waals surface area contributed by atoms with Crippen LogP contribution >= 0.6 is 11.3 Å². The number of fused-ring (bicyclic) bond motifs is 1. The van der Waals surface area contributed by atoms with Gasteiger partial charge in [0.05, 0.1) is 13.1 Å². The third-order valence-electron chi connectivity index (χ3n) is 3.85. The second kappa shape index (κ2) is 5.69. The number of aryl methyl sites for hydroxylation is 2. The lowest BCUT2D eigenvalue weighted by atomic mass is 10.2. The number of carboxylic acids is 1. The molecule has 0 fully saturated rings. The maximum Gasteiger partial charge on any atom is 0.323 e. The number of hydrogen-bond donors (Lipinski definition) is 1. The highest BCUT2D eigenvalue weighted by atomic mass is 32.2. The molecule has 3 heterocycles. The summed E-state index contributed by atoms with van der Waals surface area (Å²) in [5.74, 6) is -0.150. The fraction of sp³-hybridized carbons (Fsp3) is 0.462. The zero-order valence-electron chi connectivity index (χ0n) is 12.6. The largest absolute Gasteiger partial charge is 0.480 e. The van der Waals surface area contributed by atoms with E-state index >= 15 is 0 Å². The third kappa shape index (κ3) is 2.66. The molecule has 124 valence electrons. The summed E-state index contributed by atoms with van der Waals surface area (Å²) in [4.78, 5) is 12.5. The molecular weight excluding hydrogens is 340 g/mol. The smallest absolute Gasteiger partial charge is 0.323 e. The first-order valence-electron chi connectivity index (χ1n) is 7.06. The summed E-state index contributed by atoms with van der Waals surface area (Å²) in [6.45, 7) is 3.56. The molecule has 1 N–H and O–H groups in total. The number of rotatable bonds is 4. The highest BCUT2D eigenvalue weighted by Crippen LogP contribution is 2.30. The molecule has 1 aliphatic heterocycles. The van der Waals surface area contributed by atoms with Gasteiger partial charge in [0.2, 0.25) is 0 Å². The summed E-state index contributed by atoms with van der Waals surface area (Å²) < 4.78 is 28.5. The predicted molar refractivity (Wildman–Crippen MR) is 82.6 cm³/mol. The molecule has 23 heavy (non-hydrogen) atoms. The highest BCUT2D eigenvalue weighted by molar-refractivity contribution is 7.91. The number of carboxylic acid groups (broad SMARTS) is 1. The van der Waals surface area contributed by atoms with E-state index in [-0.39, 0.29) is 17.3 Å². The van der Waals surface area contributed by atoms with Crippen molar-refractivity contribution in [3.63, 3.8) is 0 Å². The van der Waals surface area contributed by atoms with E-state index in [2.05, 4.69) is 10.2 Å². The minimum absolute atomic E-state index is 0.00867. The number of carbonyl (C=O) groups is 1. The molecule has 0 aliphatic carbocycles. The average Bonchev–Trinajstić information content (AvgIpc) is 3.13. The van der Waals surface area contributed by atoms with Crippen LogP contribution in [-0.2, 0) is 34.3 Å². The first kappa shape index (κ1) is 16.1. The molecule has 2 aromatic heterocycles. The molecule has 8 nitrogen and oxygen atoms in total. The van der Waals surface area contributed by atoms with Crippen LogP contribution in [0.2, 0.25) is 0 Å². The van der Waals surface area contributed by atoms with Gasteiger partial charge in [-0.15, -0.1) is 21.5 Å². The van der Waals surface area contributed by atoms with Crippen molar-refractivity contribution in [2.45, 2.75) is 43.6 Å². The maximum atomic E-state index is 12.9. The fourth-order valence-electron chi connectivity index (χ4n) is 2.55. The number of aliphatic carboxylic acids is 1. The molecule has 0 saturated carbocycles. The normalized spacial score (nSPS) is 18.8. The van der Waals surface area contributed by atoms with Crippen molar-refractivity contribution in [2.24, 2.45) is 0 Å². The van der Waals surface area contributed by atoms with E-state index in [1.54, 1.807) is 17.6 Å². The number of hydrogen-bond acceptors (Lipinski definition) is 6. The van der Waals surface area contributed by atoms with Gasteiger partial charge in [-0.2, -0.15) is 4.31 Å². The molecule has 0 amide bonds. The van der Waals surface area contributed by atoms with Crippen molar-refractivity contribution in [3.8, 4) is 0 Å². The lowest BCUT2D eigenvalue weighted by Gasteiger charge is -2.32. The second-order valence-corrected chi connectivity index (χ2v) is 8.54. The zero-order chi connectivity index (χ0) is 16.8. The van der Waals surface area contributed by atoms with E-state index in [1.807, 2.05) is 6.92 Å². The average molecular weight is 356 g/mol. The van der Waals surface area contributed by atoms with Crippen LogP contribution in [0, 0.1) is 6.92 Å². The Bertz CT molecular complexity index is 855. The van der Waals surface area contributed by atoms with Gasteiger partial charge in [-0.05, 0) is 25.5 Å². The summed E-state index contributed by atoms with van der Waals surface area (Å²) in [7, 11) is -3.89. The second-order valence-electron chi connectivity index (χ2n) is 5.25. The van der Waals surface area contributed by atoms with Gasteiger partial charge in [0.1, 0.15) is 21.9 Å². The number of sulfonamides is 1. The molecule has 0 aromatic carbocycles. The van der Waals surface area contributed by atoms with Crippen LogP contribution < -0.4 is 0 Å². The summed E-state index contributed by atoms with van der Waals surface area (Å²) in [6.07, 6.45) is 0.732. The highest BCUT2D eigenvalue weighted by Gasteiger charge is 2.41. The molecule has 2 aromatic rings. The van der Waals surface area contributed by atoms with E-state index in [1.165, 1.54) is 17.4 Å². The Morgan fingerprint density at radius 1 is 1.43 bits per heavy atom. The van der Waals surface area contributed by atoms with Gasteiger partial charge < -0.3 is 9.67 Å². The Labute approximate surface area is 137 Å². The van der Waals surface area contributed by atoms with Gasteiger partial charge in [-0.3, -0.25) is 4.79 Å². The summed E-state index contributed by atoms with van der Waals surface area (Å²) in [5, 5.41) is 17.3. The fourth-order valence-corrected chi connectivity index (χ4v) is 5.50. The van der Waals surface area contributed by atoms with Crippen molar-refractivity contribution < 1.29 is 18.3 Å². The van der Waals surface area contributed by atoms with Crippen LogP contribution in [0.4, 0.5) is 0 Å². The first-order valence-corrected chi connectivity index (χ1v) is 9.32. The van der Waals surface area contributed by atoms with E-state index in [0.29, 0.717) is 11.6 Å². The molecule has 0 radical (unpaired) electrons. The van der Waals surface area contributed by atoms with Crippen LogP contribution in [0.1, 0.15) is 23.4 Å². The monoisotopic (exact) mass is 356 g/mol. The van der Waals surface area contributed by atoms with Crippen LogP contribution in [0.3, 0.4) is 0 Å². The molecule has 1 unspecified atom stereocenters. The van der Waals surface area contributed by atoms with Crippen molar-refractivity contribution in [1.29, 1.82) is 0 Å². The molecular formula is C13H16N4O4S2. The lowest BCUT2D eigenvalue weighted by molar-refractivity contribution is -0.142. The quantitative estimate of drug-likeness (QED) is 0.871. The van der Waals surface area contributed by atoms with Crippen molar-refractivity contribution >= 4 is 27.3 Å². The SMILES string of the molecule is CCc1ccc(S(=O)(=O)N2Cc3nnc(C)n3CC2C(=O)O)s1. The predicted octanol–water partition coefficient (Wildman–Crippen LogP) is 0.868. The minimum atomic E-state index is -3.89. The van der Waals surface area contributed by atoms with E-state index in [4.69, 9.17) is 0 Å². The number of aromatic nitrogens is 3. The van der Waals surface area contributed by atoms with Gasteiger partial charge >= 0.3 is 5.97 Å². The first-order chi connectivity index (χ1) is 10.8. The molecule has 10 heteroatoms. The molecule has 1 aliphatic rings. The minimum Gasteiger partial charge on any atom is -0.480 e. The van der Waals surface area contributed by atoms with Crippen LogP contribution in [0.5, 0.6) is 0 Å². The Kier molecular flexibility index (Phi) is 3.98. The van der Waals surface area contributed by atoms with Crippen molar-refractivity contribution in [3.05, 3.63) is 28.7 Å². The number of thiophene rings is 1. The Morgan fingerprint density at radius 2 is 2.17 bits per heavy atom. The van der Waals surface area contributed by atoms with Crippen LogP contribution in [0.15, 0.2) is 16.3 Å². The van der Waals surface area contributed by atoms with E-state index in [0.717, 1.165) is 15.6 Å². The third-order valence-corrected chi connectivity index (χ3v) is 7.40. The Morgan fingerprint density at radius 3 is 2.78 bits per heavy atom. The van der Waals surface area contributed by atoms with Gasteiger partial charge in [-0.25, -0.2) is 8.42 Å². The summed E-state index contributed by atoms with van der Waals surface area (Å²) in [5.41, 5.74) is 0. The molecule has 0 bridgehead atoms.